The van der Waals surface area contributed by atoms with Crippen LogP contribution in [0.1, 0.15) is 50.2 Å². The molecule has 1 aromatic rings. The third-order valence-corrected chi connectivity index (χ3v) is 3.79. The summed E-state index contributed by atoms with van der Waals surface area (Å²) in [5, 5.41) is 6.80. The van der Waals surface area contributed by atoms with Gasteiger partial charge >= 0.3 is 0 Å². The van der Waals surface area contributed by atoms with Gasteiger partial charge in [-0.05, 0) is 24.7 Å². The Morgan fingerprint density at radius 2 is 2.00 bits per heavy atom. The number of hydrogen-bond donors (Lipinski definition) is 3. The molecule has 114 valence electrons. The molecule has 0 bridgehead atoms. The van der Waals surface area contributed by atoms with E-state index in [1.165, 1.54) is 11.3 Å². The molecule has 0 aromatic carbocycles. The van der Waals surface area contributed by atoms with Gasteiger partial charge in [-0.25, -0.2) is 4.98 Å². The van der Waals surface area contributed by atoms with Crippen LogP contribution in [0, 0.1) is 11.8 Å². The lowest BCUT2D eigenvalue weighted by Gasteiger charge is -2.06. The lowest BCUT2D eigenvalue weighted by Crippen LogP contribution is -2.24. The number of nitrogen functional groups attached to an aromatic ring is 1. The van der Waals surface area contributed by atoms with E-state index in [-0.39, 0.29) is 5.91 Å². The molecule has 1 amide bonds. The summed E-state index contributed by atoms with van der Waals surface area (Å²) in [6, 6.07) is 0. The van der Waals surface area contributed by atoms with Crippen molar-refractivity contribution < 1.29 is 4.79 Å². The molecule has 0 saturated heterocycles. The van der Waals surface area contributed by atoms with Crippen molar-refractivity contribution in [1.29, 1.82) is 0 Å². The number of rotatable bonds is 8. The van der Waals surface area contributed by atoms with Crippen molar-refractivity contribution in [1.82, 2.24) is 10.3 Å². The van der Waals surface area contributed by atoms with E-state index in [2.05, 4.69) is 43.3 Å². The first-order valence-electron chi connectivity index (χ1n) is 7.18. The van der Waals surface area contributed by atoms with E-state index in [9.17, 15) is 4.79 Å². The topological polar surface area (TPSA) is 80.0 Å². The highest BCUT2D eigenvalue weighted by atomic mass is 32.1. The fourth-order valence-electron chi connectivity index (χ4n) is 1.65. The Bertz CT molecular complexity index is 429. The van der Waals surface area contributed by atoms with Crippen LogP contribution in [0.5, 0.6) is 0 Å². The highest BCUT2D eigenvalue weighted by Gasteiger charge is 2.15. The number of nitrogens with two attached hydrogens (primary N) is 1. The summed E-state index contributed by atoms with van der Waals surface area (Å²) in [5.74, 6) is 1.37. The molecule has 1 rings (SSSR count). The summed E-state index contributed by atoms with van der Waals surface area (Å²) < 4.78 is 0. The number of aromatic nitrogens is 1. The van der Waals surface area contributed by atoms with E-state index in [1.54, 1.807) is 0 Å². The average Bonchev–Trinajstić information content (AvgIpc) is 2.73. The van der Waals surface area contributed by atoms with Crippen molar-refractivity contribution in [2.24, 2.45) is 11.8 Å². The number of carbonyl (C=O) groups excluding carboxylic acids is 1. The van der Waals surface area contributed by atoms with Crippen LogP contribution in [0.3, 0.4) is 0 Å². The average molecular weight is 298 g/mol. The maximum absolute atomic E-state index is 12.0. The third kappa shape index (κ3) is 5.77. The summed E-state index contributed by atoms with van der Waals surface area (Å²) in [6.45, 7) is 10.1. The molecule has 0 saturated carbocycles. The minimum Gasteiger partial charge on any atom is -0.382 e. The van der Waals surface area contributed by atoms with Crippen molar-refractivity contribution in [3.63, 3.8) is 0 Å². The van der Waals surface area contributed by atoms with Crippen LogP contribution in [0.4, 0.5) is 10.9 Å². The van der Waals surface area contributed by atoms with Gasteiger partial charge < -0.3 is 16.4 Å². The maximum Gasteiger partial charge on any atom is 0.265 e. The smallest absolute Gasteiger partial charge is 0.265 e. The second-order valence-electron chi connectivity index (χ2n) is 5.80. The zero-order chi connectivity index (χ0) is 15.1. The molecular weight excluding hydrogens is 272 g/mol. The molecule has 5 nitrogen and oxygen atoms in total. The molecule has 0 radical (unpaired) electrons. The Hall–Kier alpha value is -1.30. The Balaban J connectivity index is 2.47. The highest BCUT2D eigenvalue weighted by molar-refractivity contribution is 7.18. The second kappa shape index (κ2) is 8.09. The molecule has 0 aliphatic carbocycles. The van der Waals surface area contributed by atoms with Crippen LogP contribution in [0.15, 0.2) is 0 Å². The minimum absolute atomic E-state index is 0.124. The summed E-state index contributed by atoms with van der Waals surface area (Å²) in [4.78, 5) is 16.7. The van der Waals surface area contributed by atoms with Crippen molar-refractivity contribution in [3.8, 4) is 0 Å². The Labute approximate surface area is 125 Å². The SMILES string of the molecule is CC(C)CCCNC(=O)c1sc(NCC(C)C)nc1N. The van der Waals surface area contributed by atoms with Gasteiger partial charge in [0.1, 0.15) is 10.7 Å². The Kier molecular flexibility index (Phi) is 6.78. The molecule has 0 atom stereocenters. The molecule has 1 heterocycles. The third-order valence-electron chi connectivity index (χ3n) is 2.76. The largest absolute Gasteiger partial charge is 0.382 e. The van der Waals surface area contributed by atoms with Gasteiger partial charge in [0.05, 0.1) is 0 Å². The highest BCUT2D eigenvalue weighted by Crippen LogP contribution is 2.24. The molecule has 0 fully saturated rings. The number of anilines is 2. The van der Waals surface area contributed by atoms with Gasteiger partial charge in [-0.1, -0.05) is 39.0 Å². The second-order valence-corrected chi connectivity index (χ2v) is 6.80. The number of hydrogen-bond acceptors (Lipinski definition) is 5. The first kappa shape index (κ1) is 16.8. The van der Waals surface area contributed by atoms with Gasteiger partial charge in [-0.15, -0.1) is 0 Å². The van der Waals surface area contributed by atoms with Crippen molar-refractivity contribution >= 4 is 28.2 Å². The summed E-state index contributed by atoms with van der Waals surface area (Å²) in [6.07, 6.45) is 2.10. The lowest BCUT2D eigenvalue weighted by molar-refractivity contribution is 0.0957. The molecular formula is C14H26N4OS. The molecule has 4 N–H and O–H groups in total. The Morgan fingerprint density at radius 3 is 2.60 bits per heavy atom. The van der Waals surface area contributed by atoms with E-state index in [1.807, 2.05) is 0 Å². The van der Waals surface area contributed by atoms with Gasteiger partial charge in [0.25, 0.3) is 5.91 Å². The van der Waals surface area contributed by atoms with Crippen LogP contribution < -0.4 is 16.4 Å². The lowest BCUT2D eigenvalue weighted by atomic mass is 10.1. The van der Waals surface area contributed by atoms with Crippen LogP contribution in [0.25, 0.3) is 0 Å². The van der Waals surface area contributed by atoms with E-state index < -0.39 is 0 Å². The molecule has 0 unspecified atom stereocenters. The molecule has 0 aliphatic rings. The molecule has 0 spiro atoms. The van der Waals surface area contributed by atoms with Gasteiger partial charge in [-0.3, -0.25) is 4.79 Å². The first-order chi connectivity index (χ1) is 9.40. The quantitative estimate of drug-likeness (QED) is 0.645. The van der Waals surface area contributed by atoms with Crippen molar-refractivity contribution in [3.05, 3.63) is 4.88 Å². The fraction of sp³-hybridized carbons (Fsp3) is 0.714. The van der Waals surface area contributed by atoms with Gasteiger partial charge in [0.15, 0.2) is 5.13 Å². The van der Waals surface area contributed by atoms with Crippen LogP contribution >= 0.6 is 11.3 Å². The number of thiazole rings is 1. The van der Waals surface area contributed by atoms with Crippen LogP contribution in [-0.4, -0.2) is 24.0 Å². The fourth-order valence-corrected chi connectivity index (χ4v) is 2.46. The van der Waals surface area contributed by atoms with E-state index in [0.29, 0.717) is 34.2 Å². The van der Waals surface area contributed by atoms with Crippen molar-refractivity contribution in [2.75, 3.05) is 24.1 Å². The van der Waals surface area contributed by atoms with Crippen LogP contribution in [0.2, 0.25) is 0 Å². The summed E-state index contributed by atoms with van der Waals surface area (Å²) in [5.41, 5.74) is 5.80. The van der Waals surface area contributed by atoms with E-state index in [0.717, 1.165) is 19.4 Å². The molecule has 6 heteroatoms. The van der Waals surface area contributed by atoms with Crippen molar-refractivity contribution in [2.45, 2.75) is 40.5 Å². The number of nitrogens with zero attached hydrogens (tertiary/aromatic N) is 1. The minimum atomic E-state index is -0.124. The van der Waals surface area contributed by atoms with E-state index >= 15 is 0 Å². The first-order valence-corrected chi connectivity index (χ1v) is 8.00. The molecule has 1 aromatic heterocycles. The zero-order valence-electron chi connectivity index (χ0n) is 12.8. The monoisotopic (exact) mass is 298 g/mol. The van der Waals surface area contributed by atoms with Gasteiger partial charge in [-0.2, -0.15) is 0 Å². The predicted octanol–water partition coefficient (Wildman–Crippen LogP) is 2.96. The molecule has 0 aliphatic heterocycles. The standard InChI is InChI=1S/C14H26N4OS/c1-9(2)6-5-7-16-13(19)11-12(15)18-14(20-11)17-8-10(3)4/h9-10H,5-8,15H2,1-4H3,(H,16,19)(H,17,18). The number of carbonyl (C=O) groups is 1. The summed E-state index contributed by atoms with van der Waals surface area (Å²) in [7, 11) is 0. The maximum atomic E-state index is 12.0. The normalized spacial score (nSPS) is 11.1. The molecule has 20 heavy (non-hydrogen) atoms. The van der Waals surface area contributed by atoms with Gasteiger partial charge in [0, 0.05) is 13.1 Å². The van der Waals surface area contributed by atoms with E-state index in [4.69, 9.17) is 5.73 Å². The zero-order valence-corrected chi connectivity index (χ0v) is 13.6. The van der Waals surface area contributed by atoms with Crippen LogP contribution in [-0.2, 0) is 0 Å². The number of amides is 1. The number of nitrogens with one attached hydrogen (secondary N) is 2. The predicted molar refractivity (Wildman–Crippen MR) is 86.3 cm³/mol. The van der Waals surface area contributed by atoms with Gasteiger partial charge in [0.2, 0.25) is 0 Å². The Morgan fingerprint density at radius 1 is 1.30 bits per heavy atom. The summed E-state index contributed by atoms with van der Waals surface area (Å²) >= 11 is 1.31.